The number of halogens is 2. The van der Waals surface area contributed by atoms with Crippen LogP contribution in [0, 0.1) is 0 Å². The average Bonchev–Trinajstić information content (AvgIpc) is 2.26. The molecule has 0 heterocycles. The van der Waals surface area contributed by atoms with Crippen LogP contribution in [0.15, 0.2) is 42.5 Å². The summed E-state index contributed by atoms with van der Waals surface area (Å²) in [4.78, 5) is 0. The number of rotatable bonds is 1. The largest absolute Gasteiger partial charge is 0.507 e. The third-order valence-corrected chi connectivity index (χ3v) is 2.94. The van der Waals surface area contributed by atoms with E-state index < -0.39 is 0 Å². The molecule has 0 saturated carbocycles. The van der Waals surface area contributed by atoms with Gasteiger partial charge >= 0.3 is 0 Å². The van der Waals surface area contributed by atoms with Gasteiger partial charge in [0.15, 0.2) is 0 Å². The molecule has 0 fully saturated rings. The SMILES string of the molecule is Oc1ccc(Cl)c(Cl)c1-c1ccccc1. The van der Waals surface area contributed by atoms with Crippen molar-refractivity contribution in [1.29, 1.82) is 0 Å². The maximum Gasteiger partial charge on any atom is 0.125 e. The number of hydrogen-bond donors (Lipinski definition) is 1. The number of hydrogen-bond acceptors (Lipinski definition) is 1. The van der Waals surface area contributed by atoms with Crippen molar-refractivity contribution < 1.29 is 5.11 Å². The van der Waals surface area contributed by atoms with Crippen molar-refractivity contribution in [2.75, 3.05) is 0 Å². The lowest BCUT2D eigenvalue weighted by Gasteiger charge is -2.08. The van der Waals surface area contributed by atoms with E-state index in [4.69, 9.17) is 23.2 Å². The Labute approximate surface area is 97.9 Å². The zero-order valence-corrected chi connectivity index (χ0v) is 9.26. The van der Waals surface area contributed by atoms with Gasteiger partial charge in [-0.1, -0.05) is 53.5 Å². The van der Waals surface area contributed by atoms with Crippen LogP contribution >= 0.6 is 23.2 Å². The summed E-state index contributed by atoms with van der Waals surface area (Å²) in [5, 5.41) is 10.5. The van der Waals surface area contributed by atoms with Crippen molar-refractivity contribution in [2.24, 2.45) is 0 Å². The Morgan fingerprint density at radius 3 is 2.20 bits per heavy atom. The molecule has 0 aromatic heterocycles. The molecule has 0 aliphatic heterocycles. The molecule has 15 heavy (non-hydrogen) atoms. The van der Waals surface area contributed by atoms with Crippen molar-refractivity contribution in [3.8, 4) is 16.9 Å². The summed E-state index contributed by atoms with van der Waals surface area (Å²) >= 11 is 11.9. The van der Waals surface area contributed by atoms with Gasteiger partial charge in [-0.3, -0.25) is 0 Å². The van der Waals surface area contributed by atoms with E-state index in [1.165, 1.54) is 6.07 Å². The van der Waals surface area contributed by atoms with E-state index in [1.54, 1.807) is 6.07 Å². The van der Waals surface area contributed by atoms with Gasteiger partial charge in [-0.25, -0.2) is 0 Å². The predicted octanol–water partition coefficient (Wildman–Crippen LogP) is 4.37. The average molecular weight is 239 g/mol. The van der Waals surface area contributed by atoms with Crippen LogP contribution in [-0.2, 0) is 0 Å². The van der Waals surface area contributed by atoms with Crippen LogP contribution in [0.5, 0.6) is 5.75 Å². The fourth-order valence-corrected chi connectivity index (χ4v) is 1.85. The normalized spacial score (nSPS) is 10.3. The second kappa shape index (κ2) is 4.13. The molecule has 0 aliphatic carbocycles. The summed E-state index contributed by atoms with van der Waals surface area (Å²) in [5.41, 5.74) is 1.42. The molecule has 2 aromatic carbocycles. The van der Waals surface area contributed by atoms with E-state index in [1.807, 2.05) is 30.3 Å². The van der Waals surface area contributed by atoms with Gasteiger partial charge in [-0.2, -0.15) is 0 Å². The van der Waals surface area contributed by atoms with Gasteiger partial charge in [0.05, 0.1) is 10.0 Å². The number of phenols is 1. The number of benzene rings is 2. The lowest BCUT2D eigenvalue weighted by molar-refractivity contribution is 0.477. The molecule has 3 heteroatoms. The van der Waals surface area contributed by atoms with Gasteiger partial charge in [0, 0.05) is 5.56 Å². The summed E-state index contributed by atoms with van der Waals surface area (Å²) in [5.74, 6) is 0.135. The minimum Gasteiger partial charge on any atom is -0.507 e. The molecule has 1 nitrogen and oxygen atoms in total. The highest BCUT2D eigenvalue weighted by Gasteiger charge is 2.11. The van der Waals surface area contributed by atoms with Crippen LogP contribution in [0.2, 0.25) is 10.0 Å². The van der Waals surface area contributed by atoms with Crippen LogP contribution < -0.4 is 0 Å². The molecule has 0 aliphatic rings. The molecule has 0 atom stereocenters. The highest BCUT2D eigenvalue weighted by molar-refractivity contribution is 6.44. The second-order valence-corrected chi connectivity index (χ2v) is 3.91. The Morgan fingerprint density at radius 1 is 0.867 bits per heavy atom. The zero-order chi connectivity index (χ0) is 10.8. The van der Waals surface area contributed by atoms with Gasteiger partial charge in [0.2, 0.25) is 0 Å². The van der Waals surface area contributed by atoms with E-state index in [0.29, 0.717) is 15.6 Å². The van der Waals surface area contributed by atoms with Crippen molar-refractivity contribution in [3.05, 3.63) is 52.5 Å². The third-order valence-electron chi connectivity index (χ3n) is 2.14. The van der Waals surface area contributed by atoms with Crippen LogP contribution in [0.25, 0.3) is 11.1 Å². The summed E-state index contributed by atoms with van der Waals surface area (Å²) < 4.78 is 0. The number of aromatic hydroxyl groups is 1. The molecular formula is C12H8Cl2O. The van der Waals surface area contributed by atoms with E-state index >= 15 is 0 Å². The molecule has 0 unspecified atom stereocenters. The molecule has 0 saturated heterocycles. The highest BCUT2D eigenvalue weighted by Crippen LogP contribution is 2.39. The first kappa shape index (κ1) is 10.3. The molecule has 2 rings (SSSR count). The highest BCUT2D eigenvalue weighted by atomic mass is 35.5. The third kappa shape index (κ3) is 1.94. The summed E-state index contributed by atoms with van der Waals surface area (Å²) in [6.45, 7) is 0. The Bertz CT molecular complexity index is 480. The van der Waals surface area contributed by atoms with Gasteiger partial charge in [-0.15, -0.1) is 0 Å². The number of phenolic OH excluding ortho intramolecular Hbond substituents is 1. The topological polar surface area (TPSA) is 20.2 Å². The smallest absolute Gasteiger partial charge is 0.125 e. The van der Waals surface area contributed by atoms with Gasteiger partial charge < -0.3 is 5.11 Å². The molecule has 2 aromatic rings. The van der Waals surface area contributed by atoms with Crippen LogP contribution in [0.1, 0.15) is 0 Å². The van der Waals surface area contributed by atoms with Crippen molar-refractivity contribution >= 4 is 23.2 Å². The predicted molar refractivity (Wildman–Crippen MR) is 63.6 cm³/mol. The summed E-state index contributed by atoms with van der Waals surface area (Å²) in [6.07, 6.45) is 0. The maximum atomic E-state index is 9.73. The zero-order valence-electron chi connectivity index (χ0n) is 7.74. The minimum atomic E-state index is 0.135. The Morgan fingerprint density at radius 2 is 1.53 bits per heavy atom. The first-order valence-electron chi connectivity index (χ1n) is 4.42. The summed E-state index contributed by atoms with van der Waals surface area (Å²) in [7, 11) is 0. The first-order valence-corrected chi connectivity index (χ1v) is 5.18. The second-order valence-electron chi connectivity index (χ2n) is 3.12. The van der Waals surface area contributed by atoms with E-state index in [0.717, 1.165) is 5.56 Å². The van der Waals surface area contributed by atoms with E-state index in [-0.39, 0.29) is 5.75 Å². The molecule has 1 N–H and O–H groups in total. The standard InChI is InChI=1S/C12H8Cl2O/c13-9-6-7-10(15)11(12(9)14)8-4-2-1-3-5-8/h1-7,15H. The lowest BCUT2D eigenvalue weighted by Crippen LogP contribution is -1.81. The molecule has 76 valence electrons. The van der Waals surface area contributed by atoms with Crippen LogP contribution in [0.3, 0.4) is 0 Å². The molecule has 0 radical (unpaired) electrons. The Hall–Kier alpha value is -1.18. The van der Waals surface area contributed by atoms with Gasteiger partial charge in [-0.05, 0) is 17.7 Å². The van der Waals surface area contributed by atoms with Gasteiger partial charge in [0.1, 0.15) is 5.75 Å². The van der Waals surface area contributed by atoms with Crippen LogP contribution in [-0.4, -0.2) is 5.11 Å². The fraction of sp³-hybridized carbons (Fsp3) is 0. The summed E-state index contributed by atoms with van der Waals surface area (Å²) in [6, 6.07) is 12.5. The minimum absolute atomic E-state index is 0.135. The van der Waals surface area contributed by atoms with Gasteiger partial charge in [0.25, 0.3) is 0 Å². The van der Waals surface area contributed by atoms with Crippen molar-refractivity contribution in [2.45, 2.75) is 0 Å². The monoisotopic (exact) mass is 238 g/mol. The molecule has 0 amide bonds. The Kier molecular flexibility index (Phi) is 2.85. The van der Waals surface area contributed by atoms with Crippen LogP contribution in [0.4, 0.5) is 0 Å². The lowest BCUT2D eigenvalue weighted by atomic mass is 10.0. The maximum absolute atomic E-state index is 9.73. The molecule has 0 bridgehead atoms. The van der Waals surface area contributed by atoms with Crippen molar-refractivity contribution in [1.82, 2.24) is 0 Å². The van der Waals surface area contributed by atoms with E-state index in [9.17, 15) is 5.11 Å². The van der Waals surface area contributed by atoms with E-state index in [2.05, 4.69) is 0 Å². The first-order chi connectivity index (χ1) is 7.20. The molecular weight excluding hydrogens is 231 g/mol. The quantitative estimate of drug-likeness (QED) is 0.783. The van der Waals surface area contributed by atoms with Crippen molar-refractivity contribution in [3.63, 3.8) is 0 Å². The fourth-order valence-electron chi connectivity index (χ4n) is 1.42. The molecule has 0 spiro atoms. The Balaban J connectivity index is 2.68.